The average molecular weight is 394 g/mol. The van der Waals surface area contributed by atoms with Crippen LogP contribution in [0.4, 0.5) is 5.69 Å². The molecular weight excluding hydrogens is 370 g/mol. The van der Waals surface area contributed by atoms with Crippen LogP contribution < -0.4 is 10.2 Å². The SMILES string of the molecule is C[C@H](NC(=O)/C(C#N)=C/c1ccc(N2CCCCC2)cc1)c1ccccc1Cl. The van der Waals surface area contributed by atoms with E-state index in [0.717, 1.165) is 24.2 Å². The minimum atomic E-state index is -0.407. The molecule has 144 valence electrons. The predicted molar refractivity (Wildman–Crippen MR) is 114 cm³/mol. The summed E-state index contributed by atoms with van der Waals surface area (Å²) in [5.74, 6) is -0.407. The fraction of sp³-hybridized carbons (Fsp3) is 0.304. The van der Waals surface area contributed by atoms with Gasteiger partial charge in [0.15, 0.2) is 0 Å². The normalized spacial score (nSPS) is 15.6. The van der Waals surface area contributed by atoms with Gasteiger partial charge in [-0.15, -0.1) is 0 Å². The zero-order chi connectivity index (χ0) is 19.9. The van der Waals surface area contributed by atoms with Gasteiger partial charge >= 0.3 is 0 Å². The van der Waals surface area contributed by atoms with Gasteiger partial charge in [0, 0.05) is 23.8 Å². The highest BCUT2D eigenvalue weighted by molar-refractivity contribution is 6.31. The fourth-order valence-corrected chi connectivity index (χ4v) is 3.73. The van der Waals surface area contributed by atoms with Gasteiger partial charge in [-0.3, -0.25) is 4.79 Å². The molecule has 1 saturated heterocycles. The zero-order valence-electron chi connectivity index (χ0n) is 16.0. The van der Waals surface area contributed by atoms with Crippen molar-refractivity contribution < 1.29 is 4.79 Å². The maximum Gasteiger partial charge on any atom is 0.262 e. The maximum absolute atomic E-state index is 12.5. The van der Waals surface area contributed by atoms with Gasteiger partial charge in [0.1, 0.15) is 11.6 Å². The van der Waals surface area contributed by atoms with E-state index < -0.39 is 5.91 Å². The lowest BCUT2D eigenvalue weighted by atomic mass is 10.1. The van der Waals surface area contributed by atoms with E-state index in [-0.39, 0.29) is 11.6 Å². The molecule has 3 rings (SSSR count). The fourth-order valence-electron chi connectivity index (χ4n) is 3.43. The van der Waals surface area contributed by atoms with E-state index in [2.05, 4.69) is 22.3 Å². The average Bonchev–Trinajstić information content (AvgIpc) is 2.73. The molecule has 0 saturated carbocycles. The Balaban J connectivity index is 1.69. The van der Waals surface area contributed by atoms with Gasteiger partial charge in [-0.25, -0.2) is 0 Å². The molecule has 1 aliphatic heterocycles. The Hall–Kier alpha value is -2.77. The van der Waals surface area contributed by atoms with Crippen molar-refractivity contribution in [2.24, 2.45) is 0 Å². The van der Waals surface area contributed by atoms with Gasteiger partial charge in [0.2, 0.25) is 0 Å². The van der Waals surface area contributed by atoms with E-state index in [1.165, 1.54) is 24.9 Å². The van der Waals surface area contributed by atoms with Crippen LogP contribution in [0, 0.1) is 11.3 Å². The molecule has 1 N–H and O–H groups in total. The van der Waals surface area contributed by atoms with Crippen LogP contribution in [0.2, 0.25) is 5.02 Å². The van der Waals surface area contributed by atoms with Crippen LogP contribution in [0.25, 0.3) is 6.08 Å². The molecule has 0 unspecified atom stereocenters. The number of hydrogen-bond acceptors (Lipinski definition) is 3. The lowest BCUT2D eigenvalue weighted by molar-refractivity contribution is -0.117. The molecule has 1 heterocycles. The van der Waals surface area contributed by atoms with Crippen LogP contribution in [0.5, 0.6) is 0 Å². The first-order valence-corrected chi connectivity index (χ1v) is 9.98. The topological polar surface area (TPSA) is 56.1 Å². The van der Waals surface area contributed by atoms with Crippen molar-refractivity contribution in [2.75, 3.05) is 18.0 Å². The van der Waals surface area contributed by atoms with Crippen molar-refractivity contribution in [1.29, 1.82) is 5.26 Å². The Morgan fingerprint density at radius 2 is 1.82 bits per heavy atom. The summed E-state index contributed by atoms with van der Waals surface area (Å²) in [6, 6.07) is 17.1. The molecule has 4 nitrogen and oxygen atoms in total. The molecule has 0 radical (unpaired) electrons. The zero-order valence-corrected chi connectivity index (χ0v) is 16.7. The van der Waals surface area contributed by atoms with E-state index in [0.29, 0.717) is 5.02 Å². The third-order valence-electron chi connectivity index (χ3n) is 5.01. The van der Waals surface area contributed by atoms with Gasteiger partial charge in [0.05, 0.1) is 6.04 Å². The number of piperidine rings is 1. The molecule has 0 spiro atoms. The summed E-state index contributed by atoms with van der Waals surface area (Å²) in [5, 5.41) is 12.9. The summed E-state index contributed by atoms with van der Waals surface area (Å²) < 4.78 is 0. The quantitative estimate of drug-likeness (QED) is 0.567. The van der Waals surface area contributed by atoms with Crippen LogP contribution in [0.15, 0.2) is 54.1 Å². The number of nitrogens with zero attached hydrogens (tertiary/aromatic N) is 2. The molecule has 1 fully saturated rings. The molecule has 0 bridgehead atoms. The lowest BCUT2D eigenvalue weighted by Gasteiger charge is -2.28. The highest BCUT2D eigenvalue weighted by Crippen LogP contribution is 2.23. The first kappa shape index (κ1) is 20.0. The van der Waals surface area contributed by atoms with E-state index in [1.54, 1.807) is 12.1 Å². The minimum absolute atomic E-state index is 0.0737. The molecule has 2 aromatic rings. The standard InChI is InChI=1S/C23H24ClN3O/c1-17(21-7-3-4-8-22(21)24)26-23(28)19(16-25)15-18-9-11-20(12-10-18)27-13-5-2-6-14-27/h3-4,7-12,15,17H,2,5-6,13-14H2,1H3,(H,26,28)/b19-15+/t17-/m0/s1. The number of anilines is 1. The molecule has 28 heavy (non-hydrogen) atoms. The van der Waals surface area contributed by atoms with Crippen molar-refractivity contribution in [1.82, 2.24) is 5.32 Å². The van der Waals surface area contributed by atoms with Crippen LogP contribution in [-0.4, -0.2) is 19.0 Å². The van der Waals surface area contributed by atoms with Gasteiger partial charge < -0.3 is 10.2 Å². The molecule has 1 aliphatic rings. The Morgan fingerprint density at radius 1 is 1.14 bits per heavy atom. The second-order valence-corrected chi connectivity index (χ2v) is 7.43. The predicted octanol–water partition coefficient (Wildman–Crippen LogP) is 5.11. The van der Waals surface area contributed by atoms with E-state index in [4.69, 9.17) is 11.6 Å². The molecule has 0 aromatic heterocycles. The Labute approximate surface area is 171 Å². The van der Waals surface area contributed by atoms with Crippen molar-refractivity contribution in [2.45, 2.75) is 32.2 Å². The summed E-state index contributed by atoms with van der Waals surface area (Å²) >= 11 is 6.19. The Morgan fingerprint density at radius 3 is 2.46 bits per heavy atom. The molecule has 5 heteroatoms. The maximum atomic E-state index is 12.5. The number of carbonyl (C=O) groups is 1. The summed E-state index contributed by atoms with van der Waals surface area (Å²) in [4.78, 5) is 14.9. The van der Waals surface area contributed by atoms with Crippen LogP contribution in [-0.2, 0) is 4.79 Å². The molecule has 0 aliphatic carbocycles. The summed E-state index contributed by atoms with van der Waals surface area (Å²) in [6.07, 6.45) is 5.37. The molecule has 2 aromatic carbocycles. The summed E-state index contributed by atoms with van der Waals surface area (Å²) in [5.41, 5.74) is 2.91. The highest BCUT2D eigenvalue weighted by Gasteiger charge is 2.16. The number of nitriles is 1. The largest absolute Gasteiger partial charge is 0.372 e. The smallest absolute Gasteiger partial charge is 0.262 e. The molecule has 1 amide bonds. The second-order valence-electron chi connectivity index (χ2n) is 7.03. The number of nitrogens with one attached hydrogen (secondary N) is 1. The second kappa shape index (κ2) is 9.43. The third-order valence-corrected chi connectivity index (χ3v) is 5.35. The highest BCUT2D eigenvalue weighted by atomic mass is 35.5. The first-order valence-electron chi connectivity index (χ1n) is 9.60. The minimum Gasteiger partial charge on any atom is -0.372 e. The van der Waals surface area contributed by atoms with Crippen molar-refractivity contribution in [3.8, 4) is 6.07 Å². The number of benzene rings is 2. The molecular formula is C23H24ClN3O. The number of rotatable bonds is 5. The third kappa shape index (κ3) is 4.94. The van der Waals surface area contributed by atoms with Crippen LogP contribution in [0.1, 0.15) is 43.4 Å². The van der Waals surface area contributed by atoms with Gasteiger partial charge in [-0.2, -0.15) is 5.26 Å². The Kier molecular flexibility index (Phi) is 6.73. The van der Waals surface area contributed by atoms with E-state index in [1.807, 2.05) is 43.3 Å². The Bertz CT molecular complexity index is 893. The van der Waals surface area contributed by atoms with Crippen molar-refractivity contribution in [3.63, 3.8) is 0 Å². The van der Waals surface area contributed by atoms with Gasteiger partial charge in [-0.1, -0.05) is 41.9 Å². The lowest BCUT2D eigenvalue weighted by Crippen LogP contribution is -2.29. The van der Waals surface area contributed by atoms with Crippen LogP contribution >= 0.6 is 11.6 Å². The number of halogens is 1. The van der Waals surface area contributed by atoms with Crippen molar-refractivity contribution >= 4 is 29.3 Å². The molecule has 1 atom stereocenters. The number of amides is 1. The first-order chi connectivity index (χ1) is 13.6. The van der Waals surface area contributed by atoms with E-state index >= 15 is 0 Å². The van der Waals surface area contributed by atoms with Crippen LogP contribution in [0.3, 0.4) is 0 Å². The monoisotopic (exact) mass is 393 g/mol. The number of carbonyl (C=O) groups excluding carboxylic acids is 1. The summed E-state index contributed by atoms with van der Waals surface area (Å²) in [6.45, 7) is 4.02. The van der Waals surface area contributed by atoms with Gasteiger partial charge in [-0.05, 0) is 61.6 Å². The summed E-state index contributed by atoms with van der Waals surface area (Å²) in [7, 11) is 0. The van der Waals surface area contributed by atoms with Gasteiger partial charge in [0.25, 0.3) is 5.91 Å². The number of hydrogen-bond donors (Lipinski definition) is 1. The van der Waals surface area contributed by atoms with E-state index in [9.17, 15) is 10.1 Å². The van der Waals surface area contributed by atoms with Crippen molar-refractivity contribution in [3.05, 3.63) is 70.3 Å².